The van der Waals surface area contributed by atoms with Gasteiger partial charge in [-0.15, -0.1) is 0 Å². The molecule has 1 aromatic heterocycles. The van der Waals surface area contributed by atoms with Crippen molar-refractivity contribution in [1.82, 2.24) is 0 Å². The van der Waals surface area contributed by atoms with E-state index in [-0.39, 0.29) is 16.3 Å². The van der Waals surface area contributed by atoms with Gasteiger partial charge in [-0.05, 0) is 6.07 Å². The molecule has 0 spiro atoms. The topological polar surface area (TPSA) is 30.2 Å². The minimum atomic E-state index is -4.62. The van der Waals surface area contributed by atoms with E-state index in [2.05, 4.69) is 0 Å². The molecule has 0 aliphatic rings. The first kappa shape index (κ1) is 13.4. The van der Waals surface area contributed by atoms with Crippen LogP contribution in [0.15, 0.2) is 63.8 Å². The minimum absolute atomic E-state index is 0.0792. The average molecular weight is 290 g/mol. The lowest BCUT2D eigenvalue weighted by atomic mass is 10.0. The smallest absolute Gasteiger partial charge is 0.420 e. The molecule has 3 aromatic rings. The second-order valence-electron chi connectivity index (χ2n) is 4.50. The van der Waals surface area contributed by atoms with Crippen LogP contribution < -0.4 is 5.63 Å². The van der Waals surface area contributed by atoms with Crippen LogP contribution in [0, 0.1) is 0 Å². The van der Waals surface area contributed by atoms with Crippen LogP contribution in [-0.2, 0) is 6.18 Å². The third-order valence-electron chi connectivity index (χ3n) is 3.16. The van der Waals surface area contributed by atoms with E-state index in [1.165, 1.54) is 36.4 Å². The highest BCUT2D eigenvalue weighted by atomic mass is 19.4. The second-order valence-corrected chi connectivity index (χ2v) is 4.50. The van der Waals surface area contributed by atoms with E-state index in [1.54, 1.807) is 18.2 Å². The molecule has 0 fully saturated rings. The molecule has 0 N–H and O–H groups in total. The lowest BCUT2D eigenvalue weighted by Crippen LogP contribution is -2.13. The Balaban J connectivity index is 2.48. The summed E-state index contributed by atoms with van der Waals surface area (Å²) >= 11 is 0. The van der Waals surface area contributed by atoms with Gasteiger partial charge in [-0.2, -0.15) is 13.2 Å². The van der Waals surface area contributed by atoms with Crippen LogP contribution in [0.25, 0.3) is 22.1 Å². The summed E-state index contributed by atoms with van der Waals surface area (Å²) in [6, 6.07) is 13.4. The summed E-state index contributed by atoms with van der Waals surface area (Å²) in [6.45, 7) is 0. The normalized spacial score (nSPS) is 11.8. The van der Waals surface area contributed by atoms with E-state index < -0.39 is 23.1 Å². The van der Waals surface area contributed by atoms with Crippen molar-refractivity contribution in [2.45, 2.75) is 6.18 Å². The van der Waals surface area contributed by atoms with Gasteiger partial charge in [0, 0.05) is 10.9 Å². The maximum Gasteiger partial charge on any atom is 0.420 e. The molecular weight excluding hydrogens is 281 g/mol. The van der Waals surface area contributed by atoms with Crippen molar-refractivity contribution in [3.8, 4) is 11.3 Å². The molecule has 0 bridgehead atoms. The van der Waals surface area contributed by atoms with Crippen LogP contribution >= 0.6 is 0 Å². The minimum Gasteiger partial charge on any atom is -0.422 e. The van der Waals surface area contributed by atoms with Crippen molar-refractivity contribution in [2.24, 2.45) is 0 Å². The average Bonchev–Trinajstić information content (AvgIpc) is 2.47. The highest BCUT2D eigenvalue weighted by Gasteiger charge is 2.38. The molecule has 5 heteroatoms. The predicted molar refractivity (Wildman–Crippen MR) is 72.9 cm³/mol. The lowest BCUT2D eigenvalue weighted by Gasteiger charge is -2.14. The molecule has 2 aromatic carbocycles. The van der Waals surface area contributed by atoms with Crippen molar-refractivity contribution in [3.05, 3.63) is 70.6 Å². The van der Waals surface area contributed by atoms with Gasteiger partial charge in [0.05, 0.1) is 5.39 Å². The van der Waals surface area contributed by atoms with Crippen LogP contribution in [0.4, 0.5) is 13.2 Å². The summed E-state index contributed by atoms with van der Waals surface area (Å²) in [5.74, 6) is -0.452. The molecular formula is C16H9F3O2. The van der Waals surface area contributed by atoms with Crippen molar-refractivity contribution >= 4 is 10.8 Å². The van der Waals surface area contributed by atoms with Gasteiger partial charge in [0.15, 0.2) is 5.76 Å². The van der Waals surface area contributed by atoms with Gasteiger partial charge in [-0.1, -0.05) is 48.5 Å². The maximum absolute atomic E-state index is 13.4. The molecule has 106 valence electrons. The third kappa shape index (κ3) is 2.31. The van der Waals surface area contributed by atoms with Crippen molar-refractivity contribution < 1.29 is 17.6 Å². The first-order valence-electron chi connectivity index (χ1n) is 6.17. The van der Waals surface area contributed by atoms with Gasteiger partial charge in [0.25, 0.3) is 0 Å². The van der Waals surface area contributed by atoms with Crippen molar-refractivity contribution in [1.29, 1.82) is 0 Å². The van der Waals surface area contributed by atoms with Crippen molar-refractivity contribution in [3.63, 3.8) is 0 Å². The lowest BCUT2D eigenvalue weighted by molar-refractivity contribution is -0.136. The van der Waals surface area contributed by atoms with E-state index in [9.17, 15) is 18.0 Å². The highest BCUT2D eigenvalue weighted by molar-refractivity contribution is 5.89. The number of hydrogen-bond donors (Lipinski definition) is 0. The first-order valence-corrected chi connectivity index (χ1v) is 6.17. The maximum atomic E-state index is 13.4. The van der Waals surface area contributed by atoms with Crippen LogP contribution in [0.1, 0.15) is 5.56 Å². The molecule has 0 saturated carbocycles. The largest absolute Gasteiger partial charge is 0.422 e. The number of rotatable bonds is 1. The summed E-state index contributed by atoms with van der Waals surface area (Å²) in [5, 5.41) is -0.232. The van der Waals surface area contributed by atoms with Crippen molar-refractivity contribution in [2.75, 3.05) is 0 Å². The zero-order chi connectivity index (χ0) is 15.0. The fourth-order valence-corrected chi connectivity index (χ4v) is 2.27. The first-order chi connectivity index (χ1) is 9.98. The summed E-state index contributed by atoms with van der Waals surface area (Å²) < 4.78 is 45.3. The van der Waals surface area contributed by atoms with Gasteiger partial charge in [-0.3, -0.25) is 0 Å². The molecule has 1 heterocycles. The molecule has 0 unspecified atom stereocenters. The number of alkyl halides is 3. The van der Waals surface area contributed by atoms with Gasteiger partial charge in [-0.25, -0.2) is 4.79 Å². The zero-order valence-electron chi connectivity index (χ0n) is 10.6. The Morgan fingerprint density at radius 1 is 0.810 bits per heavy atom. The van der Waals surface area contributed by atoms with E-state index in [0.717, 1.165) is 0 Å². The van der Waals surface area contributed by atoms with Crippen LogP contribution in [-0.4, -0.2) is 0 Å². The Kier molecular flexibility index (Phi) is 3.05. The van der Waals surface area contributed by atoms with Gasteiger partial charge >= 0.3 is 11.8 Å². The molecule has 0 atom stereocenters. The Morgan fingerprint density at radius 2 is 1.38 bits per heavy atom. The molecule has 3 rings (SSSR count). The molecule has 2 nitrogen and oxygen atoms in total. The number of hydrogen-bond acceptors (Lipinski definition) is 2. The monoisotopic (exact) mass is 290 g/mol. The van der Waals surface area contributed by atoms with Crippen LogP contribution in [0.5, 0.6) is 0 Å². The van der Waals surface area contributed by atoms with E-state index in [1.807, 2.05) is 0 Å². The second kappa shape index (κ2) is 4.77. The Labute approximate surface area is 117 Å². The SMILES string of the molecule is O=c1oc(-c2ccccc2)c(C(F)(F)F)c2ccccc12. The molecule has 21 heavy (non-hydrogen) atoms. The fraction of sp³-hybridized carbons (Fsp3) is 0.0625. The van der Waals surface area contributed by atoms with Crippen LogP contribution in [0.3, 0.4) is 0 Å². The van der Waals surface area contributed by atoms with E-state index in [4.69, 9.17) is 4.42 Å². The standard InChI is InChI=1S/C16H9F3O2/c17-16(18,19)13-11-8-4-5-9-12(11)15(20)21-14(13)10-6-2-1-3-7-10/h1-9H. The Morgan fingerprint density at radius 3 is 2.00 bits per heavy atom. The number of fused-ring (bicyclic) bond motifs is 1. The summed E-state index contributed by atoms with van der Waals surface area (Å²) in [4.78, 5) is 11.9. The molecule has 0 amide bonds. The Hall–Kier alpha value is -2.56. The number of halogens is 3. The number of benzene rings is 2. The molecule has 0 saturated heterocycles. The molecule has 0 aliphatic heterocycles. The highest BCUT2D eigenvalue weighted by Crippen LogP contribution is 2.40. The molecule has 0 radical (unpaired) electrons. The van der Waals surface area contributed by atoms with Crippen LogP contribution in [0.2, 0.25) is 0 Å². The van der Waals surface area contributed by atoms with E-state index >= 15 is 0 Å². The predicted octanol–water partition coefficient (Wildman–Crippen LogP) is 4.48. The Bertz CT molecular complexity index is 849. The molecule has 0 aliphatic carbocycles. The summed E-state index contributed by atoms with van der Waals surface area (Å²) in [6.07, 6.45) is -4.62. The third-order valence-corrected chi connectivity index (χ3v) is 3.16. The van der Waals surface area contributed by atoms with Gasteiger partial charge in [0.1, 0.15) is 5.56 Å². The van der Waals surface area contributed by atoms with E-state index in [0.29, 0.717) is 0 Å². The zero-order valence-corrected chi connectivity index (χ0v) is 10.6. The van der Waals surface area contributed by atoms with Gasteiger partial charge in [0.2, 0.25) is 0 Å². The summed E-state index contributed by atoms with van der Waals surface area (Å²) in [5.41, 5.74) is -1.49. The summed E-state index contributed by atoms with van der Waals surface area (Å²) in [7, 11) is 0. The fourth-order valence-electron chi connectivity index (χ4n) is 2.27. The quantitative estimate of drug-likeness (QED) is 0.661. The van der Waals surface area contributed by atoms with Gasteiger partial charge < -0.3 is 4.42 Å².